The van der Waals surface area contributed by atoms with Crippen LogP contribution in [0, 0.1) is 0 Å². The van der Waals surface area contributed by atoms with E-state index in [2.05, 4.69) is 10.3 Å². The zero-order valence-corrected chi connectivity index (χ0v) is 11.3. The number of anilines is 1. The van der Waals surface area contributed by atoms with Crippen molar-refractivity contribution in [1.29, 1.82) is 0 Å². The minimum Gasteiger partial charge on any atom is -0.396 e. The Balaban J connectivity index is 2.09. The third-order valence-electron chi connectivity index (χ3n) is 3.60. The highest BCUT2D eigenvalue weighted by molar-refractivity contribution is 5.93. The number of rotatable bonds is 5. The molecule has 104 valence electrons. The van der Waals surface area contributed by atoms with Gasteiger partial charge in [0.15, 0.2) is 0 Å². The van der Waals surface area contributed by atoms with E-state index < -0.39 is 0 Å². The second kappa shape index (κ2) is 6.52. The maximum Gasteiger partial charge on any atom is 0.272 e. The molecule has 0 bridgehead atoms. The van der Waals surface area contributed by atoms with Crippen LogP contribution in [0.1, 0.15) is 36.2 Å². The Bertz CT molecular complexity index is 436. The quantitative estimate of drug-likeness (QED) is 0.845. The van der Waals surface area contributed by atoms with Gasteiger partial charge >= 0.3 is 0 Å². The molecular formula is C14H21N3O2. The lowest BCUT2D eigenvalue weighted by molar-refractivity contribution is 0.0718. The van der Waals surface area contributed by atoms with Crippen LogP contribution in [0.2, 0.25) is 0 Å². The number of hydrogen-bond donors (Lipinski definition) is 2. The number of carbonyl (C=O) groups excluding carboxylic acids is 1. The minimum atomic E-state index is -0.00228. The van der Waals surface area contributed by atoms with Crippen LogP contribution in [0.15, 0.2) is 18.3 Å². The van der Waals surface area contributed by atoms with E-state index in [9.17, 15) is 4.79 Å². The summed E-state index contributed by atoms with van der Waals surface area (Å²) in [7, 11) is 1.82. The van der Waals surface area contributed by atoms with Crippen molar-refractivity contribution in [1.82, 2.24) is 9.88 Å². The molecule has 1 amide bonds. The number of carbonyl (C=O) groups is 1. The summed E-state index contributed by atoms with van der Waals surface area (Å²) in [5.74, 6) is -0.00228. The van der Waals surface area contributed by atoms with Crippen LogP contribution in [0.3, 0.4) is 0 Å². The van der Waals surface area contributed by atoms with Crippen LogP contribution in [-0.2, 0) is 0 Å². The van der Waals surface area contributed by atoms with Gasteiger partial charge in [-0.2, -0.15) is 0 Å². The van der Waals surface area contributed by atoms with Crippen molar-refractivity contribution in [2.45, 2.75) is 31.7 Å². The summed E-state index contributed by atoms with van der Waals surface area (Å²) in [6, 6.07) is 3.87. The molecule has 1 aromatic heterocycles. The largest absolute Gasteiger partial charge is 0.396 e. The van der Waals surface area contributed by atoms with Gasteiger partial charge in [-0.25, -0.2) is 0 Å². The zero-order chi connectivity index (χ0) is 13.7. The minimum absolute atomic E-state index is 0.00228. The fourth-order valence-corrected chi connectivity index (χ4v) is 2.58. The van der Waals surface area contributed by atoms with E-state index in [4.69, 9.17) is 5.11 Å². The van der Waals surface area contributed by atoms with Gasteiger partial charge in [0.1, 0.15) is 5.69 Å². The van der Waals surface area contributed by atoms with Crippen molar-refractivity contribution in [3.05, 3.63) is 24.0 Å². The lowest BCUT2D eigenvalue weighted by atomic mass is 10.1. The number of nitrogens with one attached hydrogen (secondary N) is 1. The fourth-order valence-electron chi connectivity index (χ4n) is 2.58. The second-order valence-electron chi connectivity index (χ2n) is 4.84. The molecule has 0 aromatic carbocycles. The molecule has 0 aliphatic carbocycles. The summed E-state index contributed by atoms with van der Waals surface area (Å²) in [4.78, 5) is 18.5. The first-order chi connectivity index (χ1) is 9.26. The Labute approximate surface area is 113 Å². The van der Waals surface area contributed by atoms with Crippen LogP contribution in [0.4, 0.5) is 5.69 Å². The SMILES string of the molecule is CNc1ccnc(C(=O)N2CCCC2CCCO)c1. The number of likely N-dealkylation sites (tertiary alicyclic amines) is 1. The van der Waals surface area contributed by atoms with E-state index in [1.807, 2.05) is 18.0 Å². The Kier molecular flexibility index (Phi) is 4.74. The van der Waals surface area contributed by atoms with Gasteiger partial charge in [0.25, 0.3) is 5.91 Å². The summed E-state index contributed by atoms with van der Waals surface area (Å²) < 4.78 is 0. The van der Waals surface area contributed by atoms with Crippen molar-refractivity contribution in [2.75, 3.05) is 25.5 Å². The molecule has 19 heavy (non-hydrogen) atoms. The molecular weight excluding hydrogens is 242 g/mol. The molecule has 2 rings (SSSR count). The van der Waals surface area contributed by atoms with Gasteiger partial charge in [-0.1, -0.05) is 0 Å². The van der Waals surface area contributed by atoms with Crippen molar-refractivity contribution < 1.29 is 9.90 Å². The van der Waals surface area contributed by atoms with Crippen LogP contribution < -0.4 is 5.32 Å². The van der Waals surface area contributed by atoms with Crippen LogP contribution in [0.25, 0.3) is 0 Å². The van der Waals surface area contributed by atoms with Gasteiger partial charge in [-0.15, -0.1) is 0 Å². The summed E-state index contributed by atoms with van der Waals surface area (Å²) in [6.45, 7) is 0.979. The average Bonchev–Trinajstić information content (AvgIpc) is 2.92. The first kappa shape index (κ1) is 13.8. The third kappa shape index (κ3) is 3.23. The lowest BCUT2D eigenvalue weighted by Gasteiger charge is -2.24. The van der Waals surface area contributed by atoms with Crippen molar-refractivity contribution in [2.24, 2.45) is 0 Å². The molecule has 0 spiro atoms. The monoisotopic (exact) mass is 263 g/mol. The predicted octanol–water partition coefficient (Wildman–Crippen LogP) is 1.50. The van der Waals surface area contributed by atoms with E-state index in [1.165, 1.54) is 0 Å². The highest BCUT2D eigenvalue weighted by atomic mass is 16.3. The molecule has 1 unspecified atom stereocenters. The topological polar surface area (TPSA) is 65.5 Å². The molecule has 1 fully saturated rings. The van der Waals surface area contributed by atoms with Gasteiger partial charge in [-0.3, -0.25) is 9.78 Å². The Morgan fingerprint density at radius 3 is 3.21 bits per heavy atom. The number of amides is 1. The van der Waals surface area contributed by atoms with Gasteiger partial charge in [0.2, 0.25) is 0 Å². The van der Waals surface area contributed by atoms with Crippen LogP contribution in [0.5, 0.6) is 0 Å². The maximum atomic E-state index is 12.5. The second-order valence-corrected chi connectivity index (χ2v) is 4.84. The summed E-state index contributed by atoms with van der Waals surface area (Å²) in [6.07, 6.45) is 5.33. The summed E-state index contributed by atoms with van der Waals surface area (Å²) in [5, 5.41) is 11.9. The fraction of sp³-hybridized carbons (Fsp3) is 0.571. The number of aliphatic hydroxyl groups is 1. The third-order valence-corrected chi connectivity index (χ3v) is 3.60. The van der Waals surface area contributed by atoms with E-state index in [1.54, 1.807) is 12.3 Å². The van der Waals surface area contributed by atoms with Crippen molar-refractivity contribution in [3.8, 4) is 0 Å². The first-order valence-electron chi connectivity index (χ1n) is 6.82. The number of hydrogen-bond acceptors (Lipinski definition) is 4. The predicted molar refractivity (Wildman–Crippen MR) is 74.2 cm³/mol. The summed E-state index contributed by atoms with van der Waals surface area (Å²) >= 11 is 0. The van der Waals surface area contributed by atoms with E-state index in [0.717, 1.165) is 37.9 Å². The van der Waals surface area contributed by atoms with E-state index in [-0.39, 0.29) is 18.6 Å². The molecule has 0 radical (unpaired) electrons. The molecule has 0 saturated carbocycles. The molecule has 5 nitrogen and oxygen atoms in total. The molecule has 2 N–H and O–H groups in total. The number of pyridine rings is 1. The number of aliphatic hydroxyl groups excluding tert-OH is 1. The van der Waals surface area contributed by atoms with Gasteiger partial charge in [0, 0.05) is 38.1 Å². The van der Waals surface area contributed by atoms with Gasteiger partial charge in [-0.05, 0) is 37.8 Å². The highest BCUT2D eigenvalue weighted by Crippen LogP contribution is 2.23. The highest BCUT2D eigenvalue weighted by Gasteiger charge is 2.29. The van der Waals surface area contributed by atoms with E-state index >= 15 is 0 Å². The standard InChI is InChI=1S/C14H21N3O2/c1-15-11-6-7-16-13(10-11)14(19)17-8-2-4-12(17)5-3-9-18/h6-7,10,12,18H,2-5,8-9H2,1H3,(H,15,16). The average molecular weight is 263 g/mol. The summed E-state index contributed by atoms with van der Waals surface area (Å²) in [5.41, 5.74) is 1.38. The van der Waals surface area contributed by atoms with Gasteiger partial charge < -0.3 is 15.3 Å². The molecule has 1 aliphatic rings. The maximum absolute atomic E-state index is 12.5. The Morgan fingerprint density at radius 1 is 1.63 bits per heavy atom. The Morgan fingerprint density at radius 2 is 2.47 bits per heavy atom. The smallest absolute Gasteiger partial charge is 0.272 e. The van der Waals surface area contributed by atoms with Crippen molar-refractivity contribution >= 4 is 11.6 Å². The van der Waals surface area contributed by atoms with Crippen molar-refractivity contribution in [3.63, 3.8) is 0 Å². The first-order valence-corrected chi connectivity index (χ1v) is 6.82. The molecule has 5 heteroatoms. The number of aromatic nitrogens is 1. The molecule has 1 atom stereocenters. The molecule has 1 aromatic rings. The molecule has 1 saturated heterocycles. The lowest BCUT2D eigenvalue weighted by Crippen LogP contribution is -2.36. The van der Waals surface area contributed by atoms with Crippen LogP contribution >= 0.6 is 0 Å². The van der Waals surface area contributed by atoms with Crippen LogP contribution in [-0.4, -0.2) is 47.1 Å². The number of nitrogens with zero attached hydrogens (tertiary/aromatic N) is 2. The van der Waals surface area contributed by atoms with E-state index in [0.29, 0.717) is 5.69 Å². The zero-order valence-electron chi connectivity index (χ0n) is 11.3. The molecule has 1 aliphatic heterocycles. The normalized spacial score (nSPS) is 18.6. The van der Waals surface area contributed by atoms with Gasteiger partial charge in [0.05, 0.1) is 0 Å². The Hall–Kier alpha value is -1.62. The molecule has 2 heterocycles.